The van der Waals surface area contributed by atoms with E-state index in [0.29, 0.717) is 12.2 Å². The lowest BCUT2D eigenvalue weighted by molar-refractivity contribution is 0.0526. The molecule has 0 heterocycles. The molecule has 2 nitrogen and oxygen atoms in total. The smallest absolute Gasteiger partial charge is 0.338 e. The standard InChI is InChI=1S/C13H14O2/c1-4-10-7-11(5-2)9-12(8-10)13(14)15-6-3/h4-5,7-9H,1-2,6H2,3H3. The molecule has 0 aliphatic rings. The van der Waals surface area contributed by atoms with Gasteiger partial charge < -0.3 is 4.74 Å². The van der Waals surface area contributed by atoms with Gasteiger partial charge in [-0.1, -0.05) is 25.3 Å². The van der Waals surface area contributed by atoms with Crippen LogP contribution in [0, 0.1) is 0 Å². The summed E-state index contributed by atoms with van der Waals surface area (Å²) in [5, 5.41) is 0. The van der Waals surface area contributed by atoms with Crippen molar-refractivity contribution in [2.45, 2.75) is 6.92 Å². The Morgan fingerprint density at radius 2 is 1.80 bits per heavy atom. The van der Waals surface area contributed by atoms with Gasteiger partial charge in [-0.05, 0) is 36.2 Å². The van der Waals surface area contributed by atoms with Crippen LogP contribution in [0.15, 0.2) is 31.4 Å². The molecule has 0 saturated carbocycles. The zero-order valence-electron chi connectivity index (χ0n) is 8.82. The van der Waals surface area contributed by atoms with Gasteiger partial charge >= 0.3 is 5.97 Å². The molecular weight excluding hydrogens is 188 g/mol. The molecular formula is C13H14O2. The zero-order chi connectivity index (χ0) is 11.3. The quantitative estimate of drug-likeness (QED) is 0.701. The summed E-state index contributed by atoms with van der Waals surface area (Å²) in [6, 6.07) is 5.40. The Labute approximate surface area is 89.9 Å². The third-order valence-corrected chi connectivity index (χ3v) is 1.96. The highest BCUT2D eigenvalue weighted by Gasteiger charge is 2.07. The number of benzene rings is 1. The molecule has 78 valence electrons. The summed E-state index contributed by atoms with van der Waals surface area (Å²) >= 11 is 0. The molecule has 0 atom stereocenters. The molecule has 0 aliphatic heterocycles. The van der Waals surface area contributed by atoms with Crippen LogP contribution in [0.3, 0.4) is 0 Å². The van der Waals surface area contributed by atoms with Crippen molar-refractivity contribution >= 4 is 18.1 Å². The minimum atomic E-state index is -0.315. The second-order valence-electron chi connectivity index (χ2n) is 3.02. The zero-order valence-corrected chi connectivity index (χ0v) is 8.82. The summed E-state index contributed by atoms with van der Waals surface area (Å²) in [6.45, 7) is 9.49. The fourth-order valence-electron chi connectivity index (χ4n) is 1.24. The Kier molecular flexibility index (Phi) is 3.86. The molecule has 0 saturated heterocycles. The van der Waals surface area contributed by atoms with Crippen LogP contribution in [-0.4, -0.2) is 12.6 Å². The predicted molar refractivity (Wildman–Crippen MR) is 62.6 cm³/mol. The average molecular weight is 202 g/mol. The van der Waals surface area contributed by atoms with Crippen LogP contribution in [0.2, 0.25) is 0 Å². The first-order valence-corrected chi connectivity index (χ1v) is 4.78. The van der Waals surface area contributed by atoms with Gasteiger partial charge in [-0.25, -0.2) is 4.79 Å². The Bertz CT molecular complexity index is 365. The molecule has 2 heteroatoms. The van der Waals surface area contributed by atoms with Crippen molar-refractivity contribution in [2.75, 3.05) is 6.61 Å². The average Bonchev–Trinajstić information content (AvgIpc) is 2.28. The topological polar surface area (TPSA) is 26.3 Å². The van der Waals surface area contributed by atoms with Gasteiger partial charge in [0.1, 0.15) is 0 Å². The van der Waals surface area contributed by atoms with Crippen LogP contribution in [0.1, 0.15) is 28.4 Å². The first kappa shape index (κ1) is 11.2. The van der Waals surface area contributed by atoms with Crippen LogP contribution in [0.4, 0.5) is 0 Å². The van der Waals surface area contributed by atoms with Crippen molar-refractivity contribution in [1.82, 2.24) is 0 Å². The lowest BCUT2D eigenvalue weighted by Crippen LogP contribution is -2.05. The summed E-state index contributed by atoms with van der Waals surface area (Å²) < 4.78 is 4.92. The van der Waals surface area contributed by atoms with Crippen LogP contribution in [-0.2, 0) is 4.74 Å². The second kappa shape index (κ2) is 5.15. The van der Waals surface area contributed by atoms with Gasteiger partial charge in [0.25, 0.3) is 0 Å². The summed E-state index contributed by atoms with van der Waals surface area (Å²) in [7, 11) is 0. The summed E-state index contributed by atoms with van der Waals surface area (Å²) in [6.07, 6.45) is 3.38. The molecule has 0 unspecified atom stereocenters. The minimum absolute atomic E-state index is 0.315. The van der Waals surface area contributed by atoms with Gasteiger partial charge in [0.2, 0.25) is 0 Å². The van der Waals surface area contributed by atoms with E-state index in [-0.39, 0.29) is 5.97 Å². The van der Waals surface area contributed by atoms with Crippen molar-refractivity contribution in [2.24, 2.45) is 0 Å². The van der Waals surface area contributed by atoms with E-state index in [4.69, 9.17) is 4.74 Å². The Hall–Kier alpha value is -1.83. The van der Waals surface area contributed by atoms with E-state index < -0.39 is 0 Å². The molecule has 0 aromatic heterocycles. The molecule has 0 N–H and O–H groups in total. The van der Waals surface area contributed by atoms with E-state index in [9.17, 15) is 4.79 Å². The first-order chi connectivity index (χ1) is 7.21. The molecule has 1 rings (SSSR count). The van der Waals surface area contributed by atoms with Crippen molar-refractivity contribution < 1.29 is 9.53 Å². The highest BCUT2D eigenvalue weighted by molar-refractivity contribution is 5.91. The van der Waals surface area contributed by atoms with Gasteiger partial charge in [-0.3, -0.25) is 0 Å². The van der Waals surface area contributed by atoms with E-state index in [1.165, 1.54) is 0 Å². The van der Waals surface area contributed by atoms with E-state index >= 15 is 0 Å². The summed E-state index contributed by atoms with van der Waals surface area (Å²) in [4.78, 5) is 11.5. The first-order valence-electron chi connectivity index (χ1n) is 4.78. The minimum Gasteiger partial charge on any atom is -0.462 e. The lowest BCUT2D eigenvalue weighted by Gasteiger charge is -2.04. The van der Waals surface area contributed by atoms with E-state index in [1.807, 2.05) is 6.07 Å². The van der Waals surface area contributed by atoms with Gasteiger partial charge in [0.05, 0.1) is 12.2 Å². The maximum atomic E-state index is 11.5. The molecule has 0 amide bonds. The number of ether oxygens (including phenoxy) is 1. The fraction of sp³-hybridized carbons (Fsp3) is 0.154. The number of esters is 1. The highest BCUT2D eigenvalue weighted by Crippen LogP contribution is 2.13. The Balaban J connectivity index is 3.11. The largest absolute Gasteiger partial charge is 0.462 e. The van der Waals surface area contributed by atoms with Gasteiger partial charge in [-0.15, -0.1) is 0 Å². The third-order valence-electron chi connectivity index (χ3n) is 1.96. The number of rotatable bonds is 4. The van der Waals surface area contributed by atoms with E-state index in [1.54, 1.807) is 31.2 Å². The fourth-order valence-corrected chi connectivity index (χ4v) is 1.24. The molecule has 15 heavy (non-hydrogen) atoms. The number of carbonyl (C=O) groups excluding carboxylic acids is 1. The number of carbonyl (C=O) groups is 1. The van der Waals surface area contributed by atoms with Crippen LogP contribution >= 0.6 is 0 Å². The summed E-state index contributed by atoms with van der Waals surface area (Å²) in [5.41, 5.74) is 2.30. The lowest BCUT2D eigenvalue weighted by atomic mass is 10.1. The van der Waals surface area contributed by atoms with Gasteiger partial charge in [-0.2, -0.15) is 0 Å². The number of hydrogen-bond donors (Lipinski definition) is 0. The van der Waals surface area contributed by atoms with Crippen molar-refractivity contribution in [3.05, 3.63) is 48.0 Å². The monoisotopic (exact) mass is 202 g/mol. The predicted octanol–water partition coefficient (Wildman–Crippen LogP) is 3.15. The maximum Gasteiger partial charge on any atom is 0.338 e. The maximum absolute atomic E-state index is 11.5. The Morgan fingerprint density at radius 3 is 2.20 bits per heavy atom. The Morgan fingerprint density at radius 1 is 1.27 bits per heavy atom. The van der Waals surface area contributed by atoms with Gasteiger partial charge in [0.15, 0.2) is 0 Å². The number of hydrogen-bond acceptors (Lipinski definition) is 2. The molecule has 1 aromatic carbocycles. The van der Waals surface area contributed by atoms with Crippen LogP contribution in [0.5, 0.6) is 0 Å². The van der Waals surface area contributed by atoms with Crippen molar-refractivity contribution in [3.63, 3.8) is 0 Å². The third kappa shape index (κ3) is 2.81. The molecule has 0 bridgehead atoms. The molecule has 1 aromatic rings. The SMILES string of the molecule is C=Cc1cc(C=C)cc(C(=O)OCC)c1. The van der Waals surface area contributed by atoms with E-state index in [0.717, 1.165) is 11.1 Å². The molecule has 0 spiro atoms. The molecule has 0 aliphatic carbocycles. The van der Waals surface area contributed by atoms with Crippen molar-refractivity contribution in [3.8, 4) is 0 Å². The van der Waals surface area contributed by atoms with Gasteiger partial charge in [0, 0.05) is 0 Å². The van der Waals surface area contributed by atoms with Crippen LogP contribution in [0.25, 0.3) is 12.2 Å². The summed E-state index contributed by atoms with van der Waals surface area (Å²) in [5.74, 6) is -0.315. The van der Waals surface area contributed by atoms with E-state index in [2.05, 4.69) is 13.2 Å². The van der Waals surface area contributed by atoms with Crippen molar-refractivity contribution in [1.29, 1.82) is 0 Å². The van der Waals surface area contributed by atoms with Crippen LogP contribution < -0.4 is 0 Å². The molecule has 0 radical (unpaired) electrons. The molecule has 0 fully saturated rings. The second-order valence-corrected chi connectivity index (χ2v) is 3.02. The highest BCUT2D eigenvalue weighted by atomic mass is 16.5. The normalized spacial score (nSPS) is 9.40.